The second-order valence-corrected chi connectivity index (χ2v) is 5.51. The number of aromatic nitrogens is 1. The van der Waals surface area contributed by atoms with Crippen molar-refractivity contribution < 1.29 is 4.74 Å². The van der Waals surface area contributed by atoms with E-state index in [-0.39, 0.29) is 0 Å². The maximum atomic E-state index is 5.96. The predicted molar refractivity (Wildman–Crippen MR) is 97.7 cm³/mol. The van der Waals surface area contributed by atoms with Crippen LogP contribution in [0.5, 0.6) is 5.75 Å². The Morgan fingerprint density at radius 1 is 1.04 bits per heavy atom. The largest absolute Gasteiger partial charge is 0.489 e. The van der Waals surface area contributed by atoms with Crippen molar-refractivity contribution in [3.63, 3.8) is 0 Å². The number of hydrazone groups is 1. The molecule has 4 nitrogen and oxygen atoms in total. The highest BCUT2D eigenvalue weighted by atomic mass is 35.5. The Hall–Kier alpha value is -2.85. The molecule has 0 aliphatic carbocycles. The normalized spacial score (nSPS) is 10.7. The molecule has 0 amide bonds. The molecule has 1 aromatic heterocycles. The third-order valence-corrected chi connectivity index (χ3v) is 3.47. The van der Waals surface area contributed by atoms with Crippen LogP contribution in [0.3, 0.4) is 0 Å². The van der Waals surface area contributed by atoms with Gasteiger partial charge in [0.2, 0.25) is 0 Å². The van der Waals surface area contributed by atoms with Gasteiger partial charge in [0.1, 0.15) is 18.2 Å². The lowest BCUT2D eigenvalue weighted by Gasteiger charge is -2.06. The van der Waals surface area contributed by atoms with Crippen molar-refractivity contribution in [3.8, 4) is 5.75 Å². The highest BCUT2D eigenvalue weighted by molar-refractivity contribution is 6.30. The van der Waals surface area contributed by atoms with Gasteiger partial charge in [0.15, 0.2) is 0 Å². The van der Waals surface area contributed by atoms with Crippen molar-refractivity contribution in [3.05, 3.63) is 89.1 Å². The number of hydrogen-bond acceptors (Lipinski definition) is 4. The van der Waals surface area contributed by atoms with E-state index < -0.39 is 0 Å². The zero-order valence-electron chi connectivity index (χ0n) is 12.9. The molecule has 0 spiro atoms. The van der Waals surface area contributed by atoms with Crippen molar-refractivity contribution >= 4 is 23.6 Å². The minimum absolute atomic E-state index is 0.481. The highest BCUT2D eigenvalue weighted by Gasteiger charge is 1.97. The van der Waals surface area contributed by atoms with Gasteiger partial charge in [0.25, 0.3) is 0 Å². The lowest BCUT2D eigenvalue weighted by molar-refractivity contribution is 0.306. The van der Waals surface area contributed by atoms with Crippen molar-refractivity contribution in [2.75, 3.05) is 5.43 Å². The average Bonchev–Trinajstić information content (AvgIpc) is 2.62. The molecule has 3 aromatic rings. The van der Waals surface area contributed by atoms with Gasteiger partial charge in [0, 0.05) is 11.2 Å². The SMILES string of the molecule is Clc1cccc(COc2ccc(C=NNc3ccccn3)cc2)c1. The molecular formula is C19H16ClN3O. The van der Waals surface area contributed by atoms with Gasteiger partial charge >= 0.3 is 0 Å². The Kier molecular flexibility index (Phi) is 5.43. The van der Waals surface area contributed by atoms with Gasteiger partial charge in [-0.15, -0.1) is 0 Å². The summed E-state index contributed by atoms with van der Waals surface area (Å²) in [6.07, 6.45) is 3.44. The molecule has 0 saturated carbocycles. The summed E-state index contributed by atoms with van der Waals surface area (Å²) >= 11 is 5.96. The Morgan fingerprint density at radius 3 is 2.67 bits per heavy atom. The number of hydrogen-bond donors (Lipinski definition) is 1. The number of nitrogens with one attached hydrogen (secondary N) is 1. The van der Waals surface area contributed by atoms with Crippen LogP contribution in [0, 0.1) is 0 Å². The molecule has 0 fully saturated rings. The predicted octanol–water partition coefficient (Wildman–Crippen LogP) is 4.76. The van der Waals surface area contributed by atoms with Gasteiger partial charge < -0.3 is 4.74 Å². The number of rotatable bonds is 6. The van der Waals surface area contributed by atoms with Gasteiger partial charge in [-0.2, -0.15) is 5.10 Å². The first kappa shape index (κ1) is 16.0. The third-order valence-electron chi connectivity index (χ3n) is 3.23. The maximum absolute atomic E-state index is 5.96. The molecule has 0 bridgehead atoms. The number of benzene rings is 2. The summed E-state index contributed by atoms with van der Waals surface area (Å²) in [5, 5.41) is 4.86. The van der Waals surface area contributed by atoms with Crippen LogP contribution >= 0.6 is 11.6 Å². The molecule has 2 aromatic carbocycles. The van der Waals surface area contributed by atoms with Crippen molar-refractivity contribution in [2.24, 2.45) is 5.10 Å². The fraction of sp³-hybridized carbons (Fsp3) is 0.0526. The van der Waals surface area contributed by atoms with E-state index in [1.807, 2.05) is 66.7 Å². The van der Waals surface area contributed by atoms with Crippen molar-refractivity contribution in [2.45, 2.75) is 6.61 Å². The molecule has 120 valence electrons. The zero-order chi connectivity index (χ0) is 16.6. The van der Waals surface area contributed by atoms with E-state index in [9.17, 15) is 0 Å². The summed E-state index contributed by atoms with van der Waals surface area (Å²) in [7, 11) is 0. The minimum Gasteiger partial charge on any atom is -0.489 e. The lowest BCUT2D eigenvalue weighted by atomic mass is 10.2. The summed E-state index contributed by atoms with van der Waals surface area (Å²) in [5.74, 6) is 1.50. The van der Waals surface area contributed by atoms with E-state index in [4.69, 9.17) is 16.3 Å². The smallest absolute Gasteiger partial charge is 0.146 e. The molecule has 3 rings (SSSR count). The van der Waals surface area contributed by atoms with Crippen LogP contribution in [-0.4, -0.2) is 11.2 Å². The molecule has 0 radical (unpaired) electrons. The summed E-state index contributed by atoms with van der Waals surface area (Å²) < 4.78 is 5.75. The number of pyridine rings is 1. The Bertz CT molecular complexity index is 804. The Morgan fingerprint density at radius 2 is 1.92 bits per heavy atom. The van der Waals surface area contributed by atoms with E-state index >= 15 is 0 Å². The van der Waals surface area contributed by atoms with Crippen molar-refractivity contribution in [1.82, 2.24) is 4.98 Å². The summed E-state index contributed by atoms with van der Waals surface area (Å²) in [5.41, 5.74) is 4.88. The van der Waals surface area contributed by atoms with E-state index in [0.717, 1.165) is 16.9 Å². The van der Waals surface area contributed by atoms with Gasteiger partial charge in [0.05, 0.1) is 6.21 Å². The van der Waals surface area contributed by atoms with E-state index in [1.54, 1.807) is 12.4 Å². The molecule has 0 unspecified atom stereocenters. The summed E-state index contributed by atoms with van der Waals surface area (Å²) in [6, 6.07) is 20.9. The first-order valence-electron chi connectivity index (χ1n) is 7.47. The van der Waals surface area contributed by atoms with Crippen LogP contribution in [-0.2, 0) is 6.61 Å². The third kappa shape index (κ3) is 4.83. The van der Waals surface area contributed by atoms with Gasteiger partial charge in [-0.1, -0.05) is 29.8 Å². The molecule has 1 heterocycles. The number of anilines is 1. The summed E-state index contributed by atoms with van der Waals surface area (Å²) in [4.78, 5) is 4.13. The first-order valence-corrected chi connectivity index (χ1v) is 7.85. The Balaban J connectivity index is 1.53. The molecule has 0 aliphatic rings. The van der Waals surface area contributed by atoms with Crippen LogP contribution < -0.4 is 10.2 Å². The quantitative estimate of drug-likeness (QED) is 0.521. The number of halogens is 1. The van der Waals surface area contributed by atoms with Crippen LogP contribution in [0.2, 0.25) is 5.02 Å². The number of nitrogens with zero attached hydrogens (tertiary/aromatic N) is 2. The maximum Gasteiger partial charge on any atom is 0.146 e. The molecule has 1 N–H and O–H groups in total. The first-order chi connectivity index (χ1) is 11.8. The second-order valence-electron chi connectivity index (χ2n) is 5.07. The van der Waals surface area contributed by atoms with Crippen LogP contribution in [0.25, 0.3) is 0 Å². The van der Waals surface area contributed by atoms with Crippen LogP contribution in [0.15, 0.2) is 78.0 Å². The van der Waals surface area contributed by atoms with E-state index in [2.05, 4.69) is 15.5 Å². The highest BCUT2D eigenvalue weighted by Crippen LogP contribution is 2.16. The summed E-state index contributed by atoms with van der Waals surface area (Å²) in [6.45, 7) is 0.481. The van der Waals surface area contributed by atoms with Crippen molar-refractivity contribution in [1.29, 1.82) is 0 Å². The fourth-order valence-corrected chi connectivity index (χ4v) is 2.26. The molecule has 0 aliphatic heterocycles. The van der Waals surface area contributed by atoms with E-state index in [0.29, 0.717) is 17.4 Å². The molecular weight excluding hydrogens is 322 g/mol. The monoisotopic (exact) mass is 337 g/mol. The van der Waals surface area contributed by atoms with Gasteiger partial charge in [-0.05, 0) is 59.7 Å². The van der Waals surface area contributed by atoms with Crippen LogP contribution in [0.4, 0.5) is 5.82 Å². The minimum atomic E-state index is 0.481. The molecule has 5 heteroatoms. The van der Waals surface area contributed by atoms with Gasteiger partial charge in [-0.25, -0.2) is 4.98 Å². The Labute approximate surface area is 145 Å². The van der Waals surface area contributed by atoms with E-state index in [1.165, 1.54) is 0 Å². The fourth-order valence-electron chi connectivity index (χ4n) is 2.05. The number of ether oxygens (including phenoxy) is 1. The van der Waals surface area contributed by atoms with Gasteiger partial charge in [-0.3, -0.25) is 5.43 Å². The molecule has 0 saturated heterocycles. The standard InChI is InChI=1S/C19H16ClN3O/c20-17-5-3-4-16(12-17)14-24-18-9-7-15(8-10-18)13-22-23-19-6-1-2-11-21-19/h1-13H,14H2,(H,21,23). The van der Waals surface area contributed by atoms with Crippen LogP contribution in [0.1, 0.15) is 11.1 Å². The second kappa shape index (κ2) is 8.13. The molecule has 0 atom stereocenters. The topological polar surface area (TPSA) is 46.5 Å². The molecule has 24 heavy (non-hydrogen) atoms. The average molecular weight is 338 g/mol. The zero-order valence-corrected chi connectivity index (χ0v) is 13.6. The lowest BCUT2D eigenvalue weighted by Crippen LogP contribution is -1.96.